The quantitative estimate of drug-likeness (QED) is 0.739. The largest absolute Gasteiger partial charge is 0.352 e. The van der Waals surface area contributed by atoms with E-state index >= 15 is 0 Å². The van der Waals surface area contributed by atoms with Crippen LogP contribution in [0.3, 0.4) is 0 Å². The maximum atomic E-state index is 13.0. The van der Waals surface area contributed by atoms with E-state index in [1.807, 2.05) is 14.0 Å². The van der Waals surface area contributed by atoms with Crippen molar-refractivity contribution in [3.63, 3.8) is 0 Å². The standard InChI is InChI=1S/C21H31N3O3S/c1-17-8-9-19(28(26,27)24-14-12-23(2)13-15-24)16-20(17)21(25)22-11-10-18-6-4-3-5-7-18/h6,8-9,16H,3-5,7,10-15H2,1-2H3,(H,22,25). The lowest BCUT2D eigenvalue weighted by Gasteiger charge is -2.31. The average molecular weight is 406 g/mol. The zero-order chi connectivity index (χ0) is 20.1. The Balaban J connectivity index is 1.68. The molecule has 0 spiro atoms. The van der Waals surface area contributed by atoms with Crippen LogP contribution in [0, 0.1) is 6.92 Å². The van der Waals surface area contributed by atoms with Crippen LogP contribution in [0.4, 0.5) is 0 Å². The molecule has 154 valence electrons. The highest BCUT2D eigenvalue weighted by Crippen LogP contribution is 2.22. The number of likely N-dealkylation sites (N-methyl/N-ethyl adjacent to an activating group) is 1. The molecule has 0 unspecified atom stereocenters. The molecule has 1 aliphatic heterocycles. The monoisotopic (exact) mass is 405 g/mol. The summed E-state index contributed by atoms with van der Waals surface area (Å²) in [5.74, 6) is -0.204. The molecule has 7 heteroatoms. The molecule has 1 heterocycles. The number of nitrogens with one attached hydrogen (secondary N) is 1. The molecule has 3 rings (SSSR count). The van der Waals surface area contributed by atoms with Gasteiger partial charge in [0.15, 0.2) is 0 Å². The number of aryl methyl sites for hydroxylation is 1. The molecule has 0 bridgehead atoms. The van der Waals surface area contributed by atoms with Crippen molar-refractivity contribution in [2.24, 2.45) is 0 Å². The maximum Gasteiger partial charge on any atom is 0.251 e. The minimum atomic E-state index is -3.58. The Bertz CT molecular complexity index is 840. The van der Waals surface area contributed by atoms with Crippen molar-refractivity contribution in [1.29, 1.82) is 0 Å². The number of carbonyl (C=O) groups excluding carboxylic acids is 1. The molecule has 0 radical (unpaired) electrons. The Labute approximate surface area is 168 Å². The lowest BCUT2D eigenvalue weighted by Crippen LogP contribution is -2.47. The van der Waals surface area contributed by atoms with Crippen molar-refractivity contribution in [2.45, 2.75) is 43.9 Å². The van der Waals surface area contributed by atoms with Gasteiger partial charge in [0.2, 0.25) is 10.0 Å². The van der Waals surface area contributed by atoms with Gasteiger partial charge in [-0.05, 0) is 63.8 Å². The molecule has 1 amide bonds. The van der Waals surface area contributed by atoms with E-state index < -0.39 is 10.0 Å². The number of piperazine rings is 1. The number of hydrogen-bond donors (Lipinski definition) is 1. The second-order valence-electron chi connectivity index (χ2n) is 7.80. The van der Waals surface area contributed by atoms with Gasteiger partial charge in [0.1, 0.15) is 0 Å². The van der Waals surface area contributed by atoms with Crippen LogP contribution in [-0.2, 0) is 10.0 Å². The van der Waals surface area contributed by atoms with E-state index in [4.69, 9.17) is 0 Å². The second-order valence-corrected chi connectivity index (χ2v) is 9.74. The summed E-state index contributed by atoms with van der Waals surface area (Å²) in [6.45, 7) is 4.81. The van der Waals surface area contributed by atoms with Crippen molar-refractivity contribution in [3.05, 3.63) is 41.0 Å². The van der Waals surface area contributed by atoms with Gasteiger partial charge in [0.25, 0.3) is 5.91 Å². The van der Waals surface area contributed by atoms with E-state index in [2.05, 4.69) is 16.3 Å². The highest BCUT2D eigenvalue weighted by molar-refractivity contribution is 7.89. The van der Waals surface area contributed by atoms with Gasteiger partial charge in [-0.1, -0.05) is 17.7 Å². The van der Waals surface area contributed by atoms with E-state index in [-0.39, 0.29) is 10.8 Å². The smallest absolute Gasteiger partial charge is 0.251 e. The molecular formula is C21H31N3O3S. The fourth-order valence-electron chi connectivity index (χ4n) is 3.75. The fourth-order valence-corrected chi connectivity index (χ4v) is 5.20. The third-order valence-electron chi connectivity index (χ3n) is 5.67. The van der Waals surface area contributed by atoms with Gasteiger partial charge in [0.05, 0.1) is 4.90 Å². The Morgan fingerprint density at radius 2 is 1.89 bits per heavy atom. The number of sulfonamides is 1. The van der Waals surface area contributed by atoms with Crippen molar-refractivity contribution in [3.8, 4) is 0 Å². The summed E-state index contributed by atoms with van der Waals surface area (Å²) in [4.78, 5) is 15.0. The molecule has 0 atom stereocenters. The topological polar surface area (TPSA) is 69.7 Å². The number of hydrogen-bond acceptors (Lipinski definition) is 4. The Hall–Kier alpha value is -1.70. The molecule has 0 aromatic heterocycles. The highest BCUT2D eigenvalue weighted by Gasteiger charge is 2.28. The molecule has 6 nitrogen and oxygen atoms in total. The molecular weight excluding hydrogens is 374 g/mol. The normalized spacial score (nSPS) is 19.3. The lowest BCUT2D eigenvalue weighted by atomic mass is 9.97. The van der Waals surface area contributed by atoms with Crippen molar-refractivity contribution < 1.29 is 13.2 Å². The first-order valence-corrected chi connectivity index (χ1v) is 11.6. The van der Waals surface area contributed by atoms with Gasteiger partial charge >= 0.3 is 0 Å². The molecule has 1 N–H and O–H groups in total. The first-order chi connectivity index (χ1) is 13.4. The average Bonchev–Trinajstić information content (AvgIpc) is 2.69. The summed E-state index contributed by atoms with van der Waals surface area (Å²) in [5.41, 5.74) is 2.63. The number of nitrogens with zero attached hydrogens (tertiary/aromatic N) is 2. The van der Waals surface area contributed by atoms with Gasteiger partial charge in [-0.25, -0.2) is 8.42 Å². The zero-order valence-electron chi connectivity index (χ0n) is 16.9. The first-order valence-electron chi connectivity index (χ1n) is 10.1. The molecule has 1 aromatic rings. The minimum absolute atomic E-state index is 0.197. The minimum Gasteiger partial charge on any atom is -0.352 e. The van der Waals surface area contributed by atoms with Crippen molar-refractivity contribution in [2.75, 3.05) is 39.8 Å². The van der Waals surface area contributed by atoms with E-state index in [0.717, 1.165) is 24.8 Å². The number of amides is 1. The molecule has 0 saturated carbocycles. The Morgan fingerprint density at radius 1 is 1.14 bits per heavy atom. The third-order valence-corrected chi connectivity index (χ3v) is 7.57. The Kier molecular flexibility index (Phi) is 6.91. The predicted molar refractivity (Wildman–Crippen MR) is 111 cm³/mol. The number of allylic oxidation sites excluding steroid dienone is 1. The number of rotatable bonds is 6. The zero-order valence-corrected chi connectivity index (χ0v) is 17.7. The van der Waals surface area contributed by atoms with Gasteiger partial charge in [-0.3, -0.25) is 4.79 Å². The van der Waals surface area contributed by atoms with Crippen LogP contribution in [0.25, 0.3) is 0 Å². The maximum absolute atomic E-state index is 13.0. The number of carbonyl (C=O) groups is 1. The van der Waals surface area contributed by atoms with E-state index in [9.17, 15) is 13.2 Å². The van der Waals surface area contributed by atoms with Crippen LogP contribution in [0.1, 0.15) is 48.0 Å². The van der Waals surface area contributed by atoms with Crippen LogP contribution in [0.2, 0.25) is 0 Å². The van der Waals surface area contributed by atoms with E-state index in [0.29, 0.717) is 38.3 Å². The lowest BCUT2D eigenvalue weighted by molar-refractivity contribution is 0.0953. The van der Waals surface area contributed by atoms with Crippen molar-refractivity contribution >= 4 is 15.9 Å². The van der Waals surface area contributed by atoms with Crippen LogP contribution in [0.5, 0.6) is 0 Å². The summed E-state index contributed by atoms with van der Waals surface area (Å²) in [6, 6.07) is 4.85. The van der Waals surface area contributed by atoms with E-state index in [1.54, 1.807) is 12.1 Å². The number of benzene rings is 1. The molecule has 1 aromatic carbocycles. The molecule has 2 aliphatic rings. The van der Waals surface area contributed by atoms with Gasteiger partial charge in [-0.2, -0.15) is 4.31 Å². The summed E-state index contributed by atoms with van der Waals surface area (Å²) in [6.07, 6.45) is 7.88. The summed E-state index contributed by atoms with van der Waals surface area (Å²) < 4.78 is 27.4. The van der Waals surface area contributed by atoms with Gasteiger partial charge < -0.3 is 10.2 Å². The van der Waals surface area contributed by atoms with Gasteiger partial charge in [0, 0.05) is 38.3 Å². The molecule has 1 saturated heterocycles. The van der Waals surface area contributed by atoms with Crippen LogP contribution >= 0.6 is 0 Å². The van der Waals surface area contributed by atoms with E-state index in [1.165, 1.54) is 28.8 Å². The molecule has 28 heavy (non-hydrogen) atoms. The summed E-state index contributed by atoms with van der Waals surface area (Å²) >= 11 is 0. The third kappa shape index (κ3) is 5.01. The van der Waals surface area contributed by atoms with Crippen LogP contribution in [0.15, 0.2) is 34.7 Å². The first kappa shape index (κ1) is 21.0. The SMILES string of the molecule is Cc1ccc(S(=O)(=O)N2CCN(C)CC2)cc1C(=O)NCCC1=CCCCC1. The van der Waals surface area contributed by atoms with Gasteiger partial charge in [-0.15, -0.1) is 0 Å². The van der Waals surface area contributed by atoms with Crippen molar-refractivity contribution in [1.82, 2.24) is 14.5 Å². The highest BCUT2D eigenvalue weighted by atomic mass is 32.2. The predicted octanol–water partition coefficient (Wildman–Crippen LogP) is 2.55. The van der Waals surface area contributed by atoms with Crippen LogP contribution < -0.4 is 5.32 Å². The molecule has 1 aliphatic carbocycles. The summed E-state index contributed by atoms with van der Waals surface area (Å²) in [7, 11) is -1.59. The Morgan fingerprint density at radius 3 is 2.57 bits per heavy atom. The fraction of sp³-hybridized carbons (Fsp3) is 0.571. The second kappa shape index (κ2) is 9.20. The molecule has 1 fully saturated rings. The summed E-state index contributed by atoms with van der Waals surface area (Å²) in [5, 5.41) is 2.96. The van der Waals surface area contributed by atoms with Crippen LogP contribution in [-0.4, -0.2) is 63.3 Å².